The molecule has 2 rings (SSSR count). The van der Waals surface area contributed by atoms with Crippen molar-refractivity contribution in [3.63, 3.8) is 0 Å². The molecule has 1 aliphatic heterocycles. The van der Waals surface area contributed by atoms with Crippen molar-refractivity contribution in [1.29, 1.82) is 0 Å². The van der Waals surface area contributed by atoms with Crippen molar-refractivity contribution in [3.05, 3.63) is 35.3 Å². The van der Waals surface area contributed by atoms with E-state index in [2.05, 4.69) is 0 Å². The van der Waals surface area contributed by atoms with Gasteiger partial charge in [0, 0.05) is 13.0 Å². The van der Waals surface area contributed by atoms with E-state index in [1.54, 1.807) is 32.9 Å². The van der Waals surface area contributed by atoms with Crippen LogP contribution in [0.3, 0.4) is 0 Å². The fourth-order valence-electron chi connectivity index (χ4n) is 2.41. The first-order valence-corrected chi connectivity index (χ1v) is 7.23. The summed E-state index contributed by atoms with van der Waals surface area (Å²) in [6.45, 7) is 6.27. The highest BCUT2D eigenvalue weighted by Crippen LogP contribution is 2.26. The van der Waals surface area contributed by atoms with E-state index in [0.29, 0.717) is 10.0 Å². The smallest absolute Gasteiger partial charge is 0.349 e. The highest BCUT2D eigenvalue weighted by atomic mass is 35.5. The van der Waals surface area contributed by atoms with Crippen molar-refractivity contribution >= 4 is 35.0 Å². The summed E-state index contributed by atoms with van der Waals surface area (Å²) < 4.78 is 1.25. The Morgan fingerprint density at radius 3 is 2.39 bits per heavy atom. The zero-order valence-corrected chi connectivity index (χ0v) is 14.0. The Hall–Kier alpha value is -2.41. The molecule has 1 aliphatic rings. The molecule has 0 unspecified atom stereocenters. The summed E-state index contributed by atoms with van der Waals surface area (Å²) in [6.07, 6.45) is 2.86. The Morgan fingerprint density at radius 2 is 1.91 bits per heavy atom. The fourth-order valence-corrected chi connectivity index (χ4v) is 2.59. The van der Waals surface area contributed by atoms with Crippen LogP contribution in [0.15, 0.2) is 30.3 Å². The van der Waals surface area contributed by atoms with Crippen LogP contribution in [-0.4, -0.2) is 38.4 Å². The maximum absolute atomic E-state index is 12.7. The number of aliphatic hydroxyl groups is 1. The molecule has 0 fully saturated rings. The molecule has 0 saturated heterocycles. The second-order valence-corrected chi connectivity index (χ2v) is 6.49. The molecule has 23 heavy (non-hydrogen) atoms. The van der Waals surface area contributed by atoms with Gasteiger partial charge in [-0.1, -0.05) is 11.6 Å². The lowest BCUT2D eigenvalue weighted by Gasteiger charge is -2.38. The molecule has 0 atom stereocenters. The summed E-state index contributed by atoms with van der Waals surface area (Å²) in [5.41, 5.74) is -1.08. The van der Waals surface area contributed by atoms with E-state index in [4.69, 9.17) is 11.6 Å². The van der Waals surface area contributed by atoms with Crippen LogP contribution in [0.5, 0.6) is 0 Å². The number of hydrazine groups is 1. The Kier molecular flexibility index (Phi) is 4.17. The van der Waals surface area contributed by atoms with Crippen molar-refractivity contribution in [3.8, 4) is 0 Å². The molecular formula is C15H17ClN3O4+. The summed E-state index contributed by atoms with van der Waals surface area (Å²) >= 11 is 5.88. The number of rotatable bonds is 2. The molecule has 122 valence electrons. The van der Waals surface area contributed by atoms with Crippen LogP contribution < -0.4 is 4.57 Å². The van der Waals surface area contributed by atoms with Crippen LogP contribution in [0.2, 0.25) is 5.02 Å². The van der Waals surface area contributed by atoms with Crippen molar-refractivity contribution in [2.75, 3.05) is 0 Å². The van der Waals surface area contributed by atoms with Gasteiger partial charge in [0.2, 0.25) is 5.91 Å². The number of carbonyl (C=O) groups is 3. The van der Waals surface area contributed by atoms with Gasteiger partial charge >= 0.3 is 17.5 Å². The van der Waals surface area contributed by atoms with Gasteiger partial charge in [0.25, 0.3) is 5.76 Å². The number of imide groups is 1. The second kappa shape index (κ2) is 5.66. The summed E-state index contributed by atoms with van der Waals surface area (Å²) in [6, 6.07) is 3.15. The number of nitrogens with zero attached hydrogens (tertiary/aromatic N) is 3. The predicted molar refractivity (Wildman–Crippen MR) is 81.6 cm³/mol. The Bertz CT molecular complexity index is 736. The third-order valence-corrected chi connectivity index (χ3v) is 3.39. The number of hydrogen-bond donors (Lipinski definition) is 1. The van der Waals surface area contributed by atoms with Crippen LogP contribution in [0.4, 0.5) is 0 Å². The summed E-state index contributed by atoms with van der Waals surface area (Å²) in [7, 11) is 0. The van der Waals surface area contributed by atoms with Gasteiger partial charge in [-0.3, -0.25) is 14.4 Å². The quantitative estimate of drug-likeness (QED) is 0.650. The van der Waals surface area contributed by atoms with Gasteiger partial charge in [0.1, 0.15) is 5.02 Å². The van der Waals surface area contributed by atoms with E-state index in [1.165, 1.54) is 23.9 Å². The van der Waals surface area contributed by atoms with E-state index < -0.39 is 29.0 Å². The lowest BCUT2D eigenvalue weighted by atomic mass is 10.1. The van der Waals surface area contributed by atoms with E-state index in [1.807, 2.05) is 0 Å². The minimum Gasteiger partial charge on any atom is -0.498 e. The lowest BCUT2D eigenvalue weighted by Crippen LogP contribution is -2.58. The van der Waals surface area contributed by atoms with Gasteiger partial charge in [-0.15, -0.1) is 0 Å². The van der Waals surface area contributed by atoms with E-state index >= 15 is 0 Å². The van der Waals surface area contributed by atoms with Gasteiger partial charge in [0.05, 0.1) is 5.54 Å². The molecule has 0 bridgehead atoms. The van der Waals surface area contributed by atoms with Gasteiger partial charge in [-0.25, -0.2) is 5.01 Å². The predicted octanol–water partition coefficient (Wildman–Crippen LogP) is 1.28. The molecule has 0 aliphatic carbocycles. The number of hydrogen-bond acceptors (Lipinski definition) is 4. The van der Waals surface area contributed by atoms with Crippen molar-refractivity contribution < 1.29 is 24.1 Å². The van der Waals surface area contributed by atoms with Crippen LogP contribution in [-0.2, 0) is 14.4 Å². The first-order valence-electron chi connectivity index (χ1n) is 6.85. The van der Waals surface area contributed by atoms with Gasteiger partial charge in [-0.2, -0.15) is 9.58 Å². The molecule has 7 nitrogen and oxygen atoms in total. The molecule has 8 heteroatoms. The van der Waals surface area contributed by atoms with Gasteiger partial charge in [-0.05, 0) is 26.8 Å². The van der Waals surface area contributed by atoms with Crippen LogP contribution in [0.25, 0.3) is 5.70 Å². The van der Waals surface area contributed by atoms with Crippen LogP contribution in [0, 0.1) is 0 Å². The first kappa shape index (κ1) is 17.0. The van der Waals surface area contributed by atoms with Crippen LogP contribution in [0.1, 0.15) is 27.7 Å². The monoisotopic (exact) mass is 338 g/mol. The third-order valence-electron chi connectivity index (χ3n) is 3.17. The average Bonchev–Trinajstić information content (AvgIpc) is 2.61. The number of pyridine rings is 1. The van der Waals surface area contributed by atoms with Gasteiger partial charge in [0.15, 0.2) is 12.4 Å². The van der Waals surface area contributed by atoms with E-state index in [9.17, 15) is 19.5 Å². The molecule has 0 aromatic carbocycles. The van der Waals surface area contributed by atoms with Crippen molar-refractivity contribution in [2.24, 2.45) is 0 Å². The fraction of sp³-hybridized carbons (Fsp3) is 0.333. The Balaban J connectivity index is 2.53. The Labute approximate surface area is 138 Å². The number of halogens is 1. The number of aromatic nitrogens is 1. The summed E-state index contributed by atoms with van der Waals surface area (Å²) in [4.78, 5) is 36.9. The summed E-state index contributed by atoms with van der Waals surface area (Å²) in [5.74, 6) is -2.99. The highest BCUT2D eigenvalue weighted by molar-refractivity contribution is 6.31. The first-order chi connectivity index (χ1) is 10.6. The largest absolute Gasteiger partial charge is 0.498 e. The minimum atomic E-state index is -0.956. The van der Waals surface area contributed by atoms with Crippen LogP contribution >= 0.6 is 11.6 Å². The molecule has 0 spiro atoms. The van der Waals surface area contributed by atoms with Crippen molar-refractivity contribution in [1.82, 2.24) is 10.0 Å². The average molecular weight is 339 g/mol. The SMILES string of the molecule is CC(=O)N(N1C(=O)C(O)=C([n+]2cccc(Cl)c2)C1=O)C(C)(C)C. The Morgan fingerprint density at radius 1 is 1.30 bits per heavy atom. The molecule has 2 heterocycles. The van der Waals surface area contributed by atoms with Crippen molar-refractivity contribution in [2.45, 2.75) is 33.2 Å². The second-order valence-electron chi connectivity index (χ2n) is 6.05. The standard InChI is InChI=1S/C15H16ClN3O4/c1-9(20)19(15(2,3)4)18-13(22)11(12(21)14(18)23)17-7-5-6-10(16)8-17/h5-8H,1-4H3/p+1. The maximum atomic E-state index is 12.7. The number of aliphatic hydroxyl groups excluding tert-OH is 1. The molecular weight excluding hydrogens is 322 g/mol. The third kappa shape index (κ3) is 2.92. The topological polar surface area (TPSA) is 81.8 Å². The summed E-state index contributed by atoms with van der Waals surface area (Å²) in [5, 5.41) is 12.1. The molecule has 0 radical (unpaired) electrons. The van der Waals surface area contributed by atoms with E-state index in [-0.39, 0.29) is 5.70 Å². The molecule has 3 amide bonds. The number of carbonyl (C=O) groups excluding carboxylic acids is 3. The molecule has 1 aromatic heterocycles. The maximum Gasteiger partial charge on any atom is 0.349 e. The molecule has 1 N–H and O–H groups in total. The van der Waals surface area contributed by atoms with Gasteiger partial charge < -0.3 is 5.11 Å². The molecule has 0 saturated carbocycles. The normalized spacial score (nSPS) is 15.4. The van der Waals surface area contributed by atoms with E-state index in [0.717, 1.165) is 5.01 Å². The minimum absolute atomic E-state index is 0.256. The zero-order chi connectivity index (χ0) is 17.5. The number of amides is 3. The zero-order valence-electron chi connectivity index (χ0n) is 13.2. The molecule has 1 aromatic rings. The highest BCUT2D eigenvalue weighted by Gasteiger charge is 2.51. The lowest BCUT2D eigenvalue weighted by molar-refractivity contribution is -0.578.